The number of piperazine rings is 1. The Morgan fingerprint density at radius 3 is 2.74 bits per heavy atom. The molecule has 1 saturated heterocycles. The van der Waals surface area contributed by atoms with Gasteiger partial charge in [-0.2, -0.15) is 15.0 Å². The van der Waals surface area contributed by atoms with Crippen LogP contribution in [0.3, 0.4) is 0 Å². The fourth-order valence-corrected chi connectivity index (χ4v) is 2.66. The molecule has 140 valence electrons. The van der Waals surface area contributed by atoms with Gasteiger partial charge in [0.25, 0.3) is 5.91 Å². The number of rotatable bonds is 5. The Labute approximate surface area is 158 Å². The van der Waals surface area contributed by atoms with Crippen LogP contribution in [-0.4, -0.2) is 64.0 Å². The quantitative estimate of drug-likeness (QED) is 0.588. The molecule has 2 N–H and O–H groups in total. The second-order valence-corrected chi connectivity index (χ2v) is 6.17. The van der Waals surface area contributed by atoms with Crippen LogP contribution in [0.25, 0.3) is 0 Å². The summed E-state index contributed by atoms with van der Waals surface area (Å²) >= 11 is 0. The maximum atomic E-state index is 11.9. The minimum atomic E-state index is -0.369. The molecule has 1 fully saturated rings. The summed E-state index contributed by atoms with van der Waals surface area (Å²) in [4.78, 5) is 34.0. The van der Waals surface area contributed by atoms with Crippen molar-refractivity contribution < 1.29 is 4.79 Å². The lowest BCUT2D eigenvalue weighted by atomic mass is 10.2. The molecule has 0 saturated carbocycles. The highest BCUT2D eigenvalue weighted by Gasteiger charge is 2.18. The lowest BCUT2D eigenvalue weighted by Gasteiger charge is -2.32. The molecular formula is C18H22N8O. The van der Waals surface area contributed by atoms with Crippen molar-refractivity contribution in [2.75, 3.05) is 43.4 Å². The summed E-state index contributed by atoms with van der Waals surface area (Å²) in [6, 6.07) is 5.29. The number of nitrogens with zero attached hydrogens (tertiary/aromatic N) is 6. The molecule has 1 aliphatic rings. The molecule has 0 atom stereocenters. The SMILES string of the molecule is C#CNC(=O)c1ccnc(Nc2nc(CC)nc(N3CCN(C)CC3)n2)c1. The number of hydrogen-bond donors (Lipinski definition) is 2. The first-order chi connectivity index (χ1) is 13.1. The predicted molar refractivity (Wildman–Crippen MR) is 103 cm³/mol. The zero-order chi connectivity index (χ0) is 19.2. The molecule has 9 nitrogen and oxygen atoms in total. The number of likely N-dealkylation sites (N-methyl/N-ethyl adjacent to an activating group) is 1. The number of hydrogen-bond acceptors (Lipinski definition) is 8. The first-order valence-electron chi connectivity index (χ1n) is 8.76. The first kappa shape index (κ1) is 18.5. The van der Waals surface area contributed by atoms with Crippen LogP contribution in [0.2, 0.25) is 0 Å². The van der Waals surface area contributed by atoms with Crippen molar-refractivity contribution in [2.24, 2.45) is 0 Å². The van der Waals surface area contributed by atoms with E-state index in [1.165, 1.54) is 6.20 Å². The Bertz CT molecular complexity index is 855. The number of pyridine rings is 1. The van der Waals surface area contributed by atoms with Gasteiger partial charge in [-0.25, -0.2) is 4.98 Å². The lowest BCUT2D eigenvalue weighted by molar-refractivity contribution is 0.0973. The molecule has 0 unspecified atom stereocenters. The van der Waals surface area contributed by atoms with Crippen molar-refractivity contribution in [3.8, 4) is 12.5 Å². The average molecular weight is 366 g/mol. The van der Waals surface area contributed by atoms with Crippen LogP contribution in [0.4, 0.5) is 17.7 Å². The van der Waals surface area contributed by atoms with E-state index in [-0.39, 0.29) is 5.91 Å². The third-order valence-corrected chi connectivity index (χ3v) is 4.22. The Morgan fingerprint density at radius 2 is 2.04 bits per heavy atom. The van der Waals surface area contributed by atoms with Gasteiger partial charge in [0.1, 0.15) is 11.6 Å². The normalized spacial score (nSPS) is 14.5. The number of anilines is 3. The van der Waals surface area contributed by atoms with Gasteiger partial charge in [-0.05, 0) is 19.2 Å². The van der Waals surface area contributed by atoms with Gasteiger partial charge < -0.3 is 15.1 Å². The van der Waals surface area contributed by atoms with Gasteiger partial charge in [0.05, 0.1) is 0 Å². The number of amides is 1. The van der Waals surface area contributed by atoms with E-state index in [4.69, 9.17) is 6.42 Å². The maximum absolute atomic E-state index is 11.9. The summed E-state index contributed by atoms with van der Waals surface area (Å²) in [5.74, 6) is 1.84. The zero-order valence-electron chi connectivity index (χ0n) is 15.4. The number of aromatic nitrogens is 4. The Balaban J connectivity index is 1.82. The third-order valence-electron chi connectivity index (χ3n) is 4.22. The molecule has 0 bridgehead atoms. The van der Waals surface area contributed by atoms with Crippen LogP contribution in [0.15, 0.2) is 18.3 Å². The highest BCUT2D eigenvalue weighted by atomic mass is 16.1. The molecule has 0 radical (unpaired) electrons. The van der Waals surface area contributed by atoms with Gasteiger partial charge in [-0.15, -0.1) is 0 Å². The van der Waals surface area contributed by atoms with Crippen LogP contribution in [-0.2, 0) is 6.42 Å². The highest BCUT2D eigenvalue weighted by molar-refractivity contribution is 5.95. The van der Waals surface area contributed by atoms with Crippen LogP contribution in [0.1, 0.15) is 23.1 Å². The van der Waals surface area contributed by atoms with Crippen molar-refractivity contribution in [2.45, 2.75) is 13.3 Å². The Morgan fingerprint density at radius 1 is 1.26 bits per heavy atom. The molecule has 1 aliphatic heterocycles. The lowest BCUT2D eigenvalue weighted by Crippen LogP contribution is -2.45. The average Bonchev–Trinajstić information content (AvgIpc) is 2.68. The van der Waals surface area contributed by atoms with E-state index < -0.39 is 0 Å². The number of terminal acetylenes is 1. The summed E-state index contributed by atoms with van der Waals surface area (Å²) in [6.45, 7) is 5.65. The number of carbonyl (C=O) groups is 1. The highest BCUT2D eigenvalue weighted by Crippen LogP contribution is 2.17. The van der Waals surface area contributed by atoms with Crippen LogP contribution >= 0.6 is 0 Å². The Kier molecular flexibility index (Phi) is 5.78. The third kappa shape index (κ3) is 4.68. The van der Waals surface area contributed by atoms with Crippen LogP contribution in [0.5, 0.6) is 0 Å². The van der Waals surface area contributed by atoms with Crippen molar-refractivity contribution in [1.29, 1.82) is 0 Å². The number of nitrogens with one attached hydrogen (secondary N) is 2. The minimum absolute atomic E-state index is 0.369. The fourth-order valence-electron chi connectivity index (χ4n) is 2.66. The van der Waals surface area contributed by atoms with Crippen molar-refractivity contribution >= 4 is 23.6 Å². The molecule has 2 aromatic rings. The molecule has 27 heavy (non-hydrogen) atoms. The van der Waals surface area contributed by atoms with E-state index in [1.807, 2.05) is 6.92 Å². The molecule has 3 heterocycles. The molecule has 2 aromatic heterocycles. The van der Waals surface area contributed by atoms with Gasteiger partial charge in [-0.1, -0.05) is 13.3 Å². The standard InChI is InChI=1S/C18H22N8O/c1-4-14-21-17(24-18(23-14)26-10-8-25(3)9-11-26)22-15-12-13(6-7-20-15)16(27)19-5-2/h2,6-7,12H,4,8-11H2,1,3H3,(H,19,27)(H,20,21,22,23,24). The van der Waals surface area contributed by atoms with Crippen molar-refractivity contribution in [3.05, 3.63) is 29.7 Å². The van der Waals surface area contributed by atoms with E-state index >= 15 is 0 Å². The van der Waals surface area contributed by atoms with Gasteiger partial charge in [0.15, 0.2) is 0 Å². The smallest absolute Gasteiger partial charge is 0.262 e. The van der Waals surface area contributed by atoms with Crippen molar-refractivity contribution in [1.82, 2.24) is 30.2 Å². The zero-order valence-corrected chi connectivity index (χ0v) is 15.4. The fraction of sp³-hybridized carbons (Fsp3) is 0.389. The van der Waals surface area contributed by atoms with Crippen LogP contribution in [0, 0.1) is 12.5 Å². The first-order valence-corrected chi connectivity index (χ1v) is 8.76. The number of carbonyl (C=O) groups excluding carboxylic acids is 1. The summed E-state index contributed by atoms with van der Waals surface area (Å²) in [7, 11) is 2.10. The molecule has 0 aliphatic carbocycles. The molecule has 1 amide bonds. The predicted octanol–water partition coefficient (Wildman–Crippen LogP) is 0.645. The topological polar surface area (TPSA) is 99.2 Å². The van der Waals surface area contributed by atoms with E-state index in [9.17, 15) is 4.79 Å². The summed E-state index contributed by atoms with van der Waals surface area (Å²) in [6.07, 6.45) is 7.32. The Hall–Kier alpha value is -3.25. The molecule has 0 spiro atoms. The molecule has 0 aromatic carbocycles. The monoisotopic (exact) mass is 366 g/mol. The van der Waals surface area contributed by atoms with Gasteiger partial charge in [0, 0.05) is 50.4 Å². The largest absolute Gasteiger partial charge is 0.338 e. The second kappa shape index (κ2) is 8.42. The molecule has 9 heteroatoms. The van der Waals surface area contributed by atoms with E-state index in [0.29, 0.717) is 35.5 Å². The van der Waals surface area contributed by atoms with E-state index in [2.05, 4.69) is 53.5 Å². The van der Waals surface area contributed by atoms with Gasteiger partial charge >= 0.3 is 0 Å². The minimum Gasteiger partial charge on any atom is -0.338 e. The van der Waals surface area contributed by atoms with E-state index in [1.54, 1.807) is 12.1 Å². The summed E-state index contributed by atoms with van der Waals surface area (Å²) in [5, 5.41) is 5.37. The number of aryl methyl sites for hydroxylation is 1. The van der Waals surface area contributed by atoms with Gasteiger partial charge in [0.2, 0.25) is 11.9 Å². The van der Waals surface area contributed by atoms with E-state index in [0.717, 1.165) is 26.2 Å². The van der Waals surface area contributed by atoms with Crippen LogP contribution < -0.4 is 15.5 Å². The van der Waals surface area contributed by atoms with Crippen molar-refractivity contribution in [3.63, 3.8) is 0 Å². The molecular weight excluding hydrogens is 344 g/mol. The summed E-state index contributed by atoms with van der Waals surface area (Å²) in [5.41, 5.74) is 0.398. The second-order valence-electron chi connectivity index (χ2n) is 6.17. The van der Waals surface area contributed by atoms with Gasteiger partial charge in [-0.3, -0.25) is 10.1 Å². The molecule has 3 rings (SSSR count). The summed E-state index contributed by atoms with van der Waals surface area (Å²) < 4.78 is 0. The maximum Gasteiger partial charge on any atom is 0.262 e.